The lowest BCUT2D eigenvalue weighted by Crippen LogP contribution is -2.47. The standard InChI is InChI=1S/C12H23NO4/c1-3-5-7-9(11(14)15)13-10(12(16)17)8-6-4-2/h9-10,13H,3-8H2,1-2H3,(H,14,15)(H,16,17). The second-order valence-corrected chi connectivity index (χ2v) is 4.23. The highest BCUT2D eigenvalue weighted by Gasteiger charge is 2.24. The second-order valence-electron chi connectivity index (χ2n) is 4.23. The molecule has 0 rings (SSSR count). The van der Waals surface area contributed by atoms with Crippen molar-refractivity contribution >= 4 is 11.9 Å². The van der Waals surface area contributed by atoms with Crippen molar-refractivity contribution in [1.29, 1.82) is 0 Å². The molecule has 17 heavy (non-hydrogen) atoms. The summed E-state index contributed by atoms with van der Waals surface area (Å²) >= 11 is 0. The number of rotatable bonds is 10. The third-order valence-corrected chi connectivity index (χ3v) is 2.69. The minimum Gasteiger partial charge on any atom is -0.480 e. The Kier molecular flexibility index (Phi) is 8.40. The highest BCUT2D eigenvalue weighted by Crippen LogP contribution is 2.06. The van der Waals surface area contributed by atoms with Crippen molar-refractivity contribution in [3.63, 3.8) is 0 Å². The van der Waals surface area contributed by atoms with Crippen molar-refractivity contribution in [2.24, 2.45) is 0 Å². The first-order valence-electron chi connectivity index (χ1n) is 6.24. The van der Waals surface area contributed by atoms with E-state index < -0.39 is 24.0 Å². The minimum atomic E-state index is -0.971. The van der Waals surface area contributed by atoms with E-state index in [1.165, 1.54) is 0 Å². The lowest BCUT2D eigenvalue weighted by atomic mass is 10.1. The van der Waals surface area contributed by atoms with E-state index in [4.69, 9.17) is 10.2 Å². The lowest BCUT2D eigenvalue weighted by molar-refractivity contribution is -0.142. The molecule has 0 aromatic carbocycles. The maximum Gasteiger partial charge on any atom is 0.320 e. The van der Waals surface area contributed by atoms with Gasteiger partial charge < -0.3 is 10.2 Å². The zero-order valence-corrected chi connectivity index (χ0v) is 10.6. The van der Waals surface area contributed by atoms with Crippen LogP contribution < -0.4 is 5.32 Å². The molecule has 2 atom stereocenters. The first-order valence-corrected chi connectivity index (χ1v) is 6.24. The molecule has 0 radical (unpaired) electrons. The number of hydrogen-bond acceptors (Lipinski definition) is 3. The Morgan fingerprint density at radius 1 is 0.941 bits per heavy atom. The van der Waals surface area contributed by atoms with Crippen LogP contribution in [0.15, 0.2) is 0 Å². The van der Waals surface area contributed by atoms with Gasteiger partial charge in [0.05, 0.1) is 0 Å². The third-order valence-electron chi connectivity index (χ3n) is 2.69. The Hall–Kier alpha value is -1.10. The highest BCUT2D eigenvalue weighted by atomic mass is 16.4. The van der Waals surface area contributed by atoms with E-state index in [1.54, 1.807) is 0 Å². The fraction of sp³-hybridized carbons (Fsp3) is 0.833. The van der Waals surface area contributed by atoms with Crippen molar-refractivity contribution in [1.82, 2.24) is 5.32 Å². The van der Waals surface area contributed by atoms with Crippen molar-refractivity contribution in [3.05, 3.63) is 0 Å². The van der Waals surface area contributed by atoms with Crippen LogP contribution in [0.4, 0.5) is 0 Å². The van der Waals surface area contributed by atoms with Crippen molar-refractivity contribution in [2.75, 3.05) is 0 Å². The van der Waals surface area contributed by atoms with Gasteiger partial charge >= 0.3 is 11.9 Å². The summed E-state index contributed by atoms with van der Waals surface area (Å²) in [6.07, 6.45) is 4.31. The van der Waals surface area contributed by atoms with Crippen LogP contribution in [0.3, 0.4) is 0 Å². The zero-order valence-electron chi connectivity index (χ0n) is 10.6. The molecular weight excluding hydrogens is 222 g/mol. The summed E-state index contributed by atoms with van der Waals surface area (Å²) in [6.45, 7) is 3.95. The van der Waals surface area contributed by atoms with Crippen LogP contribution in [0.5, 0.6) is 0 Å². The summed E-state index contributed by atoms with van der Waals surface area (Å²) in [5, 5.41) is 20.7. The van der Waals surface area contributed by atoms with Crippen LogP contribution in [-0.4, -0.2) is 34.2 Å². The van der Waals surface area contributed by atoms with Gasteiger partial charge in [-0.1, -0.05) is 39.5 Å². The van der Waals surface area contributed by atoms with Crippen LogP contribution >= 0.6 is 0 Å². The monoisotopic (exact) mass is 245 g/mol. The maximum absolute atomic E-state index is 11.0. The molecule has 0 aromatic rings. The number of carboxylic acids is 2. The molecule has 0 heterocycles. The second kappa shape index (κ2) is 8.98. The van der Waals surface area contributed by atoms with E-state index in [1.807, 2.05) is 13.8 Å². The molecule has 0 aliphatic heterocycles. The minimum absolute atomic E-state index is 0.474. The SMILES string of the molecule is CCCCC(NC(CCCC)C(=O)O)C(=O)O. The first-order chi connectivity index (χ1) is 8.02. The van der Waals surface area contributed by atoms with Crippen LogP contribution in [0.1, 0.15) is 52.4 Å². The average molecular weight is 245 g/mol. The van der Waals surface area contributed by atoms with Gasteiger partial charge in [-0.05, 0) is 12.8 Å². The summed E-state index contributed by atoms with van der Waals surface area (Å²) in [5.74, 6) is -1.94. The normalized spacial score (nSPS) is 14.2. The molecule has 0 fully saturated rings. The average Bonchev–Trinajstić information content (AvgIpc) is 2.27. The van der Waals surface area contributed by atoms with Gasteiger partial charge in [0.15, 0.2) is 0 Å². The molecular formula is C12H23NO4. The van der Waals surface area contributed by atoms with Crippen LogP contribution in [0.25, 0.3) is 0 Å². The number of nitrogens with one attached hydrogen (secondary N) is 1. The molecule has 0 saturated heterocycles. The molecule has 3 N–H and O–H groups in total. The maximum atomic E-state index is 11.0. The fourth-order valence-corrected chi connectivity index (χ4v) is 1.62. The van der Waals surface area contributed by atoms with Crippen LogP contribution in [0, 0.1) is 0 Å². The van der Waals surface area contributed by atoms with Gasteiger partial charge in [-0.15, -0.1) is 0 Å². The van der Waals surface area contributed by atoms with Gasteiger partial charge in [-0.3, -0.25) is 14.9 Å². The Balaban J connectivity index is 4.34. The Morgan fingerprint density at radius 3 is 1.53 bits per heavy atom. The fourth-order valence-electron chi connectivity index (χ4n) is 1.62. The van der Waals surface area contributed by atoms with Gasteiger partial charge in [-0.25, -0.2) is 0 Å². The number of carbonyl (C=O) groups is 2. The summed E-state index contributed by atoms with van der Waals surface area (Å²) in [4.78, 5) is 22.0. The molecule has 2 unspecified atom stereocenters. The summed E-state index contributed by atoms with van der Waals surface area (Å²) in [5.41, 5.74) is 0. The molecule has 0 aliphatic carbocycles. The van der Waals surface area contributed by atoms with Gasteiger partial charge in [0.25, 0.3) is 0 Å². The van der Waals surface area contributed by atoms with Crippen LogP contribution in [0.2, 0.25) is 0 Å². The first kappa shape index (κ1) is 15.9. The molecule has 0 amide bonds. The molecule has 0 aromatic heterocycles. The number of carboxylic acid groups (broad SMARTS) is 2. The predicted molar refractivity (Wildman–Crippen MR) is 65.0 cm³/mol. The Labute approximate surface area is 102 Å². The lowest BCUT2D eigenvalue weighted by Gasteiger charge is -2.20. The molecule has 0 saturated carbocycles. The van der Waals surface area contributed by atoms with Gasteiger partial charge in [-0.2, -0.15) is 0 Å². The molecule has 0 aliphatic rings. The van der Waals surface area contributed by atoms with E-state index in [0.29, 0.717) is 12.8 Å². The topological polar surface area (TPSA) is 86.6 Å². The van der Waals surface area contributed by atoms with Crippen molar-refractivity contribution < 1.29 is 19.8 Å². The highest BCUT2D eigenvalue weighted by molar-refractivity contribution is 5.77. The predicted octanol–water partition coefficient (Wildman–Crippen LogP) is 1.86. The molecule has 100 valence electrons. The van der Waals surface area contributed by atoms with Gasteiger partial charge in [0.1, 0.15) is 12.1 Å². The Morgan fingerprint density at radius 2 is 1.29 bits per heavy atom. The molecule has 5 nitrogen and oxygen atoms in total. The number of aliphatic carboxylic acids is 2. The van der Waals surface area contributed by atoms with E-state index in [-0.39, 0.29) is 0 Å². The van der Waals surface area contributed by atoms with Crippen molar-refractivity contribution in [3.8, 4) is 0 Å². The Bertz CT molecular complexity index is 219. The molecule has 0 spiro atoms. The summed E-state index contributed by atoms with van der Waals surface area (Å²) in [7, 11) is 0. The smallest absolute Gasteiger partial charge is 0.320 e. The largest absolute Gasteiger partial charge is 0.480 e. The molecule has 0 bridgehead atoms. The van der Waals surface area contributed by atoms with E-state index in [2.05, 4.69) is 5.32 Å². The van der Waals surface area contributed by atoms with Crippen molar-refractivity contribution in [2.45, 2.75) is 64.5 Å². The quantitative estimate of drug-likeness (QED) is 0.547. The van der Waals surface area contributed by atoms with E-state index in [9.17, 15) is 9.59 Å². The van der Waals surface area contributed by atoms with Gasteiger partial charge in [0, 0.05) is 0 Å². The number of hydrogen-bond donors (Lipinski definition) is 3. The van der Waals surface area contributed by atoms with E-state index in [0.717, 1.165) is 25.7 Å². The summed E-state index contributed by atoms with van der Waals surface area (Å²) < 4.78 is 0. The van der Waals surface area contributed by atoms with E-state index >= 15 is 0 Å². The van der Waals surface area contributed by atoms with Crippen LogP contribution in [-0.2, 0) is 9.59 Å². The molecule has 5 heteroatoms. The van der Waals surface area contributed by atoms with Gasteiger partial charge in [0.2, 0.25) is 0 Å². The zero-order chi connectivity index (χ0) is 13.3. The number of unbranched alkanes of at least 4 members (excludes halogenated alkanes) is 2. The third kappa shape index (κ3) is 6.94. The summed E-state index contributed by atoms with van der Waals surface area (Å²) in [6, 6.07) is -1.51.